The molecule has 2 fully saturated rings. The number of amides is 2. The first kappa shape index (κ1) is 24.1. The average molecular weight is 470 g/mol. The first-order chi connectivity index (χ1) is 16.3. The van der Waals surface area contributed by atoms with Crippen LogP contribution in [-0.4, -0.2) is 70.6 Å². The van der Waals surface area contributed by atoms with E-state index < -0.39 is 11.4 Å². The van der Waals surface area contributed by atoms with E-state index in [1.54, 1.807) is 24.0 Å². The predicted molar refractivity (Wildman–Crippen MR) is 126 cm³/mol. The molecule has 2 aliphatic rings. The van der Waals surface area contributed by atoms with Crippen molar-refractivity contribution in [3.05, 3.63) is 62.3 Å². The molecule has 34 heavy (non-hydrogen) atoms. The first-order valence-corrected chi connectivity index (χ1v) is 11.9. The highest BCUT2D eigenvalue weighted by atomic mass is 19.1. The standard InChI is InChI=1S/C25H32FN5O3/c1-16-17(2)22(32)29-28-21(16)15-18-6-7-20(26)19(14-18)23(33)30-10-12-31(13-11-30)24(34)25(27-3)8-4-5-9-25/h6-7,14,27H,4-5,8-13,15H2,1-3H3,(H,29,32). The van der Waals surface area contributed by atoms with Gasteiger partial charge in [0.2, 0.25) is 5.91 Å². The number of hydrogen-bond donors (Lipinski definition) is 2. The summed E-state index contributed by atoms with van der Waals surface area (Å²) < 4.78 is 14.6. The second-order valence-corrected chi connectivity index (χ2v) is 9.36. The van der Waals surface area contributed by atoms with E-state index in [1.807, 2.05) is 18.9 Å². The van der Waals surface area contributed by atoms with Crippen molar-refractivity contribution in [3.8, 4) is 0 Å². The maximum Gasteiger partial charge on any atom is 0.267 e. The zero-order chi connectivity index (χ0) is 24.5. The molecule has 182 valence electrons. The zero-order valence-corrected chi connectivity index (χ0v) is 20.0. The summed E-state index contributed by atoms with van der Waals surface area (Å²) in [5.41, 5.74) is 2.08. The van der Waals surface area contributed by atoms with E-state index in [1.165, 1.54) is 6.07 Å². The fraction of sp³-hybridized carbons (Fsp3) is 0.520. The van der Waals surface area contributed by atoms with Crippen LogP contribution in [0.1, 0.15) is 58.4 Å². The Bertz CT molecular complexity index is 1150. The topological polar surface area (TPSA) is 98.4 Å². The highest BCUT2D eigenvalue weighted by Crippen LogP contribution is 2.31. The Morgan fingerprint density at radius 2 is 1.74 bits per heavy atom. The van der Waals surface area contributed by atoms with Crippen LogP contribution in [0.5, 0.6) is 0 Å². The van der Waals surface area contributed by atoms with Crippen LogP contribution >= 0.6 is 0 Å². The Balaban J connectivity index is 1.45. The van der Waals surface area contributed by atoms with Crippen LogP contribution in [0.15, 0.2) is 23.0 Å². The predicted octanol–water partition coefficient (Wildman–Crippen LogP) is 1.93. The number of likely N-dealkylation sites (N-methyl/N-ethyl adjacent to an activating group) is 1. The first-order valence-electron chi connectivity index (χ1n) is 11.9. The van der Waals surface area contributed by atoms with Crippen LogP contribution in [0, 0.1) is 19.7 Å². The molecule has 1 saturated heterocycles. The van der Waals surface area contributed by atoms with Crippen LogP contribution in [0.25, 0.3) is 0 Å². The summed E-state index contributed by atoms with van der Waals surface area (Å²) in [7, 11) is 1.84. The average Bonchev–Trinajstić information content (AvgIpc) is 3.35. The summed E-state index contributed by atoms with van der Waals surface area (Å²) in [6.07, 6.45) is 4.12. The number of nitrogens with one attached hydrogen (secondary N) is 2. The van der Waals surface area contributed by atoms with E-state index in [2.05, 4.69) is 15.5 Å². The molecular weight excluding hydrogens is 437 g/mol. The van der Waals surface area contributed by atoms with Gasteiger partial charge in [0.15, 0.2) is 0 Å². The van der Waals surface area contributed by atoms with Crippen LogP contribution in [0.4, 0.5) is 4.39 Å². The van der Waals surface area contributed by atoms with Gasteiger partial charge in [0.05, 0.1) is 16.8 Å². The second kappa shape index (κ2) is 9.66. The van der Waals surface area contributed by atoms with E-state index in [4.69, 9.17) is 0 Å². The molecule has 1 saturated carbocycles. The quantitative estimate of drug-likeness (QED) is 0.697. The number of carbonyl (C=O) groups excluding carboxylic acids is 2. The maximum absolute atomic E-state index is 14.6. The molecule has 0 unspecified atom stereocenters. The number of aromatic amines is 1. The van der Waals surface area contributed by atoms with Crippen LogP contribution < -0.4 is 10.9 Å². The SMILES string of the molecule is CNC1(C(=O)N2CCN(C(=O)c3cc(Cc4n[nH]c(=O)c(C)c4C)ccc3F)CC2)CCCC1. The highest BCUT2D eigenvalue weighted by Gasteiger charge is 2.43. The summed E-state index contributed by atoms with van der Waals surface area (Å²) in [6.45, 7) is 5.17. The molecule has 0 spiro atoms. The molecule has 1 aromatic heterocycles. The monoisotopic (exact) mass is 469 g/mol. The number of rotatable bonds is 5. The molecule has 1 aromatic carbocycles. The van der Waals surface area contributed by atoms with Crippen molar-refractivity contribution in [2.45, 2.75) is 51.5 Å². The number of carbonyl (C=O) groups is 2. The maximum atomic E-state index is 14.6. The highest BCUT2D eigenvalue weighted by molar-refractivity contribution is 5.95. The summed E-state index contributed by atoms with van der Waals surface area (Å²) >= 11 is 0. The minimum Gasteiger partial charge on any atom is -0.338 e. The number of hydrogen-bond acceptors (Lipinski definition) is 5. The molecule has 9 heteroatoms. The lowest BCUT2D eigenvalue weighted by molar-refractivity contribution is -0.139. The zero-order valence-electron chi connectivity index (χ0n) is 20.0. The Hall–Kier alpha value is -3.07. The van der Waals surface area contributed by atoms with Gasteiger partial charge in [0, 0.05) is 38.2 Å². The fourth-order valence-electron chi connectivity index (χ4n) is 5.02. The third kappa shape index (κ3) is 4.49. The van der Waals surface area contributed by atoms with Gasteiger partial charge in [-0.3, -0.25) is 14.4 Å². The van der Waals surface area contributed by atoms with Gasteiger partial charge in [-0.1, -0.05) is 18.9 Å². The van der Waals surface area contributed by atoms with Crippen LogP contribution in [-0.2, 0) is 11.2 Å². The molecule has 2 amide bonds. The van der Waals surface area contributed by atoms with E-state index in [9.17, 15) is 18.8 Å². The molecule has 1 aliphatic carbocycles. The van der Waals surface area contributed by atoms with Crippen LogP contribution in [0.3, 0.4) is 0 Å². The Morgan fingerprint density at radius 3 is 2.38 bits per heavy atom. The summed E-state index contributed by atoms with van der Waals surface area (Å²) in [5.74, 6) is -0.848. The van der Waals surface area contributed by atoms with Crippen molar-refractivity contribution in [1.82, 2.24) is 25.3 Å². The molecule has 4 rings (SSSR count). The molecule has 0 atom stereocenters. The van der Waals surface area contributed by atoms with E-state index >= 15 is 0 Å². The van der Waals surface area contributed by atoms with Crippen molar-refractivity contribution in [3.63, 3.8) is 0 Å². The van der Waals surface area contributed by atoms with Gasteiger partial charge in [-0.15, -0.1) is 0 Å². The molecule has 1 aliphatic heterocycles. The fourth-order valence-corrected chi connectivity index (χ4v) is 5.02. The van der Waals surface area contributed by atoms with E-state index in [0.717, 1.165) is 36.8 Å². The lowest BCUT2D eigenvalue weighted by Gasteiger charge is -2.39. The molecule has 8 nitrogen and oxygen atoms in total. The molecule has 0 radical (unpaired) electrons. The van der Waals surface area contributed by atoms with Crippen molar-refractivity contribution >= 4 is 11.8 Å². The summed E-state index contributed by atoms with van der Waals surface area (Å²) in [5, 5.41) is 9.83. The van der Waals surface area contributed by atoms with Gasteiger partial charge in [0.1, 0.15) is 5.82 Å². The van der Waals surface area contributed by atoms with Gasteiger partial charge < -0.3 is 15.1 Å². The number of nitrogens with zero attached hydrogens (tertiary/aromatic N) is 3. The van der Waals surface area contributed by atoms with E-state index in [0.29, 0.717) is 43.9 Å². The number of aromatic nitrogens is 2. The molecule has 0 bridgehead atoms. The summed E-state index contributed by atoms with van der Waals surface area (Å²) in [4.78, 5) is 41.4. The lowest BCUT2D eigenvalue weighted by atomic mass is 9.95. The smallest absolute Gasteiger partial charge is 0.267 e. The normalized spacial score (nSPS) is 17.8. The van der Waals surface area contributed by atoms with Gasteiger partial charge >= 0.3 is 0 Å². The Kier molecular flexibility index (Phi) is 6.84. The van der Waals surface area contributed by atoms with Crippen LogP contribution in [0.2, 0.25) is 0 Å². The number of benzene rings is 1. The number of H-pyrrole nitrogens is 1. The van der Waals surface area contributed by atoms with Gasteiger partial charge in [-0.05, 0) is 57.0 Å². The summed E-state index contributed by atoms with van der Waals surface area (Å²) in [6, 6.07) is 4.49. The lowest BCUT2D eigenvalue weighted by Crippen LogP contribution is -2.60. The third-order valence-electron chi connectivity index (χ3n) is 7.46. The third-order valence-corrected chi connectivity index (χ3v) is 7.46. The number of piperazine rings is 1. The van der Waals surface area contributed by atoms with Crippen molar-refractivity contribution in [2.24, 2.45) is 0 Å². The van der Waals surface area contributed by atoms with Crippen molar-refractivity contribution in [2.75, 3.05) is 33.2 Å². The molecule has 2 heterocycles. The Labute approximate surface area is 198 Å². The molecule has 2 aromatic rings. The van der Waals surface area contributed by atoms with Gasteiger partial charge in [-0.25, -0.2) is 9.49 Å². The van der Waals surface area contributed by atoms with Gasteiger partial charge in [-0.2, -0.15) is 5.10 Å². The minimum absolute atomic E-state index is 0.0126. The number of halogens is 1. The minimum atomic E-state index is -0.574. The second-order valence-electron chi connectivity index (χ2n) is 9.36. The molecular formula is C25H32FN5O3. The van der Waals surface area contributed by atoms with Crippen molar-refractivity contribution < 1.29 is 14.0 Å². The van der Waals surface area contributed by atoms with E-state index in [-0.39, 0.29) is 22.9 Å². The van der Waals surface area contributed by atoms with Gasteiger partial charge in [0.25, 0.3) is 11.5 Å². The Morgan fingerprint density at radius 1 is 1.09 bits per heavy atom. The molecule has 2 N–H and O–H groups in total. The largest absolute Gasteiger partial charge is 0.338 e. The van der Waals surface area contributed by atoms with Crippen molar-refractivity contribution in [1.29, 1.82) is 0 Å².